The second-order valence-corrected chi connectivity index (χ2v) is 7.00. The van der Waals surface area contributed by atoms with E-state index in [1.54, 1.807) is 57.2 Å². The van der Waals surface area contributed by atoms with Crippen molar-refractivity contribution < 1.29 is 18.8 Å². The Balaban J connectivity index is 1.65. The van der Waals surface area contributed by atoms with E-state index in [2.05, 4.69) is 25.7 Å². The summed E-state index contributed by atoms with van der Waals surface area (Å²) in [7, 11) is 1.79. The number of aryl methyl sites for hydroxylation is 2. The van der Waals surface area contributed by atoms with Crippen LogP contribution in [0, 0.1) is 6.92 Å². The van der Waals surface area contributed by atoms with E-state index in [-0.39, 0.29) is 18.2 Å². The SMILES string of the molecule is CCOC(=O)[C@H](C)n1cc(NC(=O)c2cc(-c3cnn(C)c3)nc3onc(C)c23)cn1. The van der Waals surface area contributed by atoms with Crippen molar-refractivity contribution in [3.8, 4) is 11.3 Å². The number of aromatic nitrogens is 6. The Morgan fingerprint density at radius 3 is 2.77 bits per heavy atom. The van der Waals surface area contributed by atoms with Crippen LogP contribution in [-0.4, -0.2) is 48.2 Å². The van der Waals surface area contributed by atoms with Gasteiger partial charge in [-0.05, 0) is 26.8 Å². The first-order valence-electron chi connectivity index (χ1n) is 9.65. The summed E-state index contributed by atoms with van der Waals surface area (Å²) in [6, 6.07) is 1.06. The molecular formula is C20H21N7O4. The molecule has 1 N–H and O–H groups in total. The molecule has 0 radical (unpaired) electrons. The smallest absolute Gasteiger partial charge is 0.330 e. The molecule has 4 rings (SSSR count). The standard InChI is InChI=1S/C20H21N7O4/c1-5-30-20(29)12(3)27-10-14(8-22-27)23-18(28)15-6-16(13-7-21-26(4)9-13)24-19-17(15)11(2)25-31-19/h6-10,12H,5H2,1-4H3,(H,23,28)/t12-/m0/s1. The first-order valence-corrected chi connectivity index (χ1v) is 9.65. The van der Waals surface area contributed by atoms with Gasteiger partial charge in [-0.15, -0.1) is 0 Å². The molecule has 0 saturated heterocycles. The molecular weight excluding hydrogens is 402 g/mol. The van der Waals surface area contributed by atoms with Crippen molar-refractivity contribution in [3.05, 3.63) is 42.1 Å². The summed E-state index contributed by atoms with van der Waals surface area (Å²) in [4.78, 5) is 29.5. The predicted molar refractivity (Wildman–Crippen MR) is 110 cm³/mol. The van der Waals surface area contributed by atoms with Crippen LogP contribution >= 0.6 is 0 Å². The number of ether oxygens (including phenoxy) is 1. The van der Waals surface area contributed by atoms with Crippen LogP contribution < -0.4 is 5.32 Å². The number of amides is 1. The monoisotopic (exact) mass is 423 g/mol. The van der Waals surface area contributed by atoms with Crippen LogP contribution in [0.15, 0.2) is 35.4 Å². The molecule has 0 spiro atoms. The average molecular weight is 423 g/mol. The average Bonchev–Trinajstić information content (AvgIpc) is 3.48. The Morgan fingerprint density at radius 1 is 1.26 bits per heavy atom. The Morgan fingerprint density at radius 2 is 2.06 bits per heavy atom. The highest BCUT2D eigenvalue weighted by Gasteiger charge is 2.21. The van der Waals surface area contributed by atoms with Gasteiger partial charge in [0.15, 0.2) is 0 Å². The molecule has 11 heteroatoms. The van der Waals surface area contributed by atoms with Crippen LogP contribution in [0.4, 0.5) is 5.69 Å². The van der Waals surface area contributed by atoms with Gasteiger partial charge in [0.05, 0.1) is 47.0 Å². The van der Waals surface area contributed by atoms with Crippen molar-refractivity contribution in [2.24, 2.45) is 7.05 Å². The maximum atomic E-state index is 13.1. The van der Waals surface area contributed by atoms with Gasteiger partial charge in [-0.1, -0.05) is 5.16 Å². The highest BCUT2D eigenvalue weighted by atomic mass is 16.5. The van der Waals surface area contributed by atoms with Gasteiger partial charge in [-0.25, -0.2) is 9.78 Å². The lowest BCUT2D eigenvalue weighted by Crippen LogP contribution is -2.19. The topological polar surface area (TPSA) is 130 Å². The van der Waals surface area contributed by atoms with E-state index in [0.29, 0.717) is 28.0 Å². The number of anilines is 1. The lowest BCUT2D eigenvalue weighted by Gasteiger charge is -2.10. The van der Waals surface area contributed by atoms with Crippen molar-refractivity contribution in [1.82, 2.24) is 29.7 Å². The number of carbonyl (C=O) groups excluding carboxylic acids is 2. The molecule has 4 aromatic heterocycles. The van der Waals surface area contributed by atoms with E-state index < -0.39 is 12.0 Å². The summed E-state index contributed by atoms with van der Waals surface area (Å²) >= 11 is 0. The third kappa shape index (κ3) is 3.89. The number of nitrogens with zero attached hydrogens (tertiary/aromatic N) is 6. The van der Waals surface area contributed by atoms with Crippen LogP contribution in [0.3, 0.4) is 0 Å². The first-order chi connectivity index (χ1) is 14.9. The van der Waals surface area contributed by atoms with Gasteiger partial charge in [0.1, 0.15) is 6.04 Å². The van der Waals surface area contributed by atoms with E-state index >= 15 is 0 Å². The zero-order valence-corrected chi connectivity index (χ0v) is 17.5. The third-order valence-corrected chi connectivity index (χ3v) is 4.75. The van der Waals surface area contributed by atoms with Gasteiger partial charge in [0, 0.05) is 25.0 Å². The quantitative estimate of drug-likeness (QED) is 0.468. The fraction of sp³-hybridized carbons (Fsp3) is 0.300. The van der Waals surface area contributed by atoms with Gasteiger partial charge in [-0.3, -0.25) is 14.2 Å². The van der Waals surface area contributed by atoms with Crippen LogP contribution in [-0.2, 0) is 16.6 Å². The van der Waals surface area contributed by atoms with E-state index in [1.165, 1.54) is 10.9 Å². The molecule has 4 heterocycles. The highest BCUT2D eigenvalue weighted by molar-refractivity contribution is 6.12. The van der Waals surface area contributed by atoms with Crippen molar-refractivity contribution >= 4 is 28.7 Å². The predicted octanol–water partition coefficient (Wildman–Crippen LogP) is 2.50. The van der Waals surface area contributed by atoms with Crippen LogP contribution in [0.1, 0.15) is 35.9 Å². The minimum Gasteiger partial charge on any atom is -0.464 e. The summed E-state index contributed by atoms with van der Waals surface area (Å²) in [5.74, 6) is -0.785. The minimum absolute atomic E-state index is 0.260. The maximum Gasteiger partial charge on any atom is 0.330 e. The molecule has 4 aromatic rings. The normalized spacial score (nSPS) is 12.1. The fourth-order valence-corrected chi connectivity index (χ4v) is 3.16. The van der Waals surface area contributed by atoms with E-state index in [1.807, 2.05) is 0 Å². The lowest BCUT2D eigenvalue weighted by molar-refractivity contribution is -0.146. The van der Waals surface area contributed by atoms with Crippen LogP contribution in [0.5, 0.6) is 0 Å². The second-order valence-electron chi connectivity index (χ2n) is 7.00. The molecule has 0 unspecified atom stereocenters. The van der Waals surface area contributed by atoms with Crippen molar-refractivity contribution in [2.75, 3.05) is 11.9 Å². The first kappa shape index (κ1) is 20.3. The zero-order valence-electron chi connectivity index (χ0n) is 17.5. The Labute approximate surface area is 177 Å². The molecule has 31 heavy (non-hydrogen) atoms. The zero-order chi connectivity index (χ0) is 22.1. The van der Waals surface area contributed by atoms with E-state index in [4.69, 9.17) is 9.26 Å². The van der Waals surface area contributed by atoms with Crippen LogP contribution in [0.25, 0.3) is 22.4 Å². The number of hydrogen-bond donors (Lipinski definition) is 1. The molecule has 0 aliphatic carbocycles. The van der Waals surface area contributed by atoms with E-state index in [0.717, 1.165) is 5.56 Å². The molecule has 0 aliphatic rings. The molecule has 160 valence electrons. The Kier molecular flexibility index (Phi) is 5.24. The Hall–Kier alpha value is -4.02. The summed E-state index contributed by atoms with van der Waals surface area (Å²) < 4.78 is 13.4. The minimum atomic E-state index is -0.615. The number of rotatable bonds is 6. The van der Waals surface area contributed by atoms with Gasteiger partial charge >= 0.3 is 5.97 Å². The summed E-state index contributed by atoms with van der Waals surface area (Å²) in [6.07, 6.45) is 6.48. The largest absolute Gasteiger partial charge is 0.464 e. The molecule has 0 bridgehead atoms. The van der Waals surface area contributed by atoms with Crippen molar-refractivity contribution in [3.63, 3.8) is 0 Å². The summed E-state index contributed by atoms with van der Waals surface area (Å²) in [5.41, 5.74) is 2.88. The third-order valence-electron chi connectivity index (χ3n) is 4.75. The number of pyridine rings is 1. The second kappa shape index (κ2) is 8.01. The number of hydrogen-bond acceptors (Lipinski definition) is 8. The lowest BCUT2D eigenvalue weighted by atomic mass is 10.1. The number of esters is 1. The van der Waals surface area contributed by atoms with Crippen molar-refractivity contribution in [2.45, 2.75) is 26.8 Å². The Bertz CT molecular complexity index is 1270. The van der Waals surface area contributed by atoms with Crippen LogP contribution in [0.2, 0.25) is 0 Å². The summed E-state index contributed by atoms with van der Waals surface area (Å²) in [5, 5.41) is 15.6. The molecule has 0 aliphatic heterocycles. The fourth-order valence-electron chi connectivity index (χ4n) is 3.16. The molecule has 1 amide bonds. The number of carbonyl (C=O) groups is 2. The summed E-state index contributed by atoms with van der Waals surface area (Å²) in [6.45, 7) is 5.43. The van der Waals surface area contributed by atoms with Gasteiger partial charge < -0.3 is 14.6 Å². The van der Waals surface area contributed by atoms with Gasteiger partial charge in [0.2, 0.25) is 0 Å². The van der Waals surface area contributed by atoms with Gasteiger partial charge in [0.25, 0.3) is 11.6 Å². The maximum absolute atomic E-state index is 13.1. The molecule has 11 nitrogen and oxygen atoms in total. The molecule has 0 saturated carbocycles. The highest BCUT2D eigenvalue weighted by Crippen LogP contribution is 2.27. The number of nitrogens with one attached hydrogen (secondary N) is 1. The molecule has 1 atom stereocenters. The van der Waals surface area contributed by atoms with Gasteiger partial charge in [-0.2, -0.15) is 10.2 Å². The van der Waals surface area contributed by atoms with Crippen molar-refractivity contribution in [1.29, 1.82) is 0 Å². The number of fused-ring (bicyclic) bond motifs is 1. The molecule has 0 fully saturated rings. The molecule has 0 aromatic carbocycles. The van der Waals surface area contributed by atoms with E-state index in [9.17, 15) is 9.59 Å².